The molecule has 14 nitrogen and oxygen atoms in total. The molecule has 2 aliphatic rings. The molecule has 0 saturated carbocycles. The minimum Gasteiger partial charge on any atom is -0.380 e. The smallest absolute Gasteiger partial charge is 0.261 e. The van der Waals surface area contributed by atoms with Gasteiger partial charge in [-0.15, -0.1) is 0 Å². The lowest BCUT2D eigenvalue weighted by atomic mass is 9.97. The van der Waals surface area contributed by atoms with Crippen molar-refractivity contribution >= 4 is 53.1 Å². The Labute approximate surface area is 428 Å². The highest BCUT2D eigenvalue weighted by Gasteiger charge is 2.26. The zero-order valence-corrected chi connectivity index (χ0v) is 41.9. The summed E-state index contributed by atoms with van der Waals surface area (Å²) in [7, 11) is -2.23. The monoisotopic (exact) mass is 1060 g/mol. The van der Waals surface area contributed by atoms with Crippen molar-refractivity contribution in [1.29, 1.82) is 0 Å². The summed E-state index contributed by atoms with van der Waals surface area (Å²) in [5.74, 6) is -2.37. The molecule has 2 heterocycles. The molecule has 2 fully saturated rings. The molecule has 4 atom stereocenters. The second kappa shape index (κ2) is 27.0. The molecule has 0 spiro atoms. The lowest BCUT2D eigenvalue weighted by Crippen LogP contribution is -2.43. The van der Waals surface area contributed by atoms with Crippen LogP contribution in [0.1, 0.15) is 55.8 Å². The Kier molecular flexibility index (Phi) is 20.6. The van der Waals surface area contributed by atoms with Crippen molar-refractivity contribution in [3.8, 4) is 0 Å². The van der Waals surface area contributed by atoms with E-state index < -0.39 is 54.6 Å². The fraction of sp³-hybridized carbons (Fsp3) is 0.259. The fourth-order valence-electron chi connectivity index (χ4n) is 7.55. The second-order valence-electron chi connectivity index (χ2n) is 17.3. The van der Waals surface area contributed by atoms with E-state index in [1.165, 1.54) is 84.9 Å². The number of nitrogens with one attached hydrogen (secondary N) is 3. The van der Waals surface area contributed by atoms with Crippen molar-refractivity contribution in [3.05, 3.63) is 203 Å². The molecule has 0 aliphatic carbocycles. The molecule has 2 saturated heterocycles. The van der Waals surface area contributed by atoms with Crippen LogP contribution in [0.25, 0.3) is 0 Å². The summed E-state index contributed by atoms with van der Waals surface area (Å²) in [6.07, 6.45) is 2.22. The maximum atomic E-state index is 13.2. The van der Waals surface area contributed by atoms with Crippen LogP contribution in [0.3, 0.4) is 0 Å². The number of nitrogens with two attached hydrogens (primary N) is 1. The van der Waals surface area contributed by atoms with Crippen LogP contribution in [-0.2, 0) is 63.8 Å². The van der Waals surface area contributed by atoms with E-state index in [1.807, 2.05) is 60.7 Å². The molecule has 0 radical (unpaired) electrons. The summed E-state index contributed by atoms with van der Waals surface area (Å²) in [4.78, 5) is 51.6. The maximum Gasteiger partial charge on any atom is 0.261 e. The average molecular weight is 1060 g/mol. The number of hydrogen-bond acceptors (Lipinski definition) is 11. The Bertz CT molecular complexity index is 2980. The van der Waals surface area contributed by atoms with Crippen LogP contribution in [0.5, 0.6) is 0 Å². The van der Waals surface area contributed by atoms with Gasteiger partial charge in [0.1, 0.15) is 11.6 Å². The van der Waals surface area contributed by atoms with Crippen molar-refractivity contribution in [3.63, 3.8) is 0 Å². The number of ketones is 2. The SMILES string of the molecule is N[C@H]1CCOC1.O=C(N[C@@H](Cc1ccccc1)C(=O)Cc1ccc(S(=O)(=O)Cl)cc1)c1ccc(F)cc1.O=C(N[C@@H](Cc1ccccc1)C(=O)Cc1ccc(S(=O)(=O)N[C@H]2CCOC2)cc1)c1ccc(F)cc1. The van der Waals surface area contributed by atoms with Gasteiger partial charge in [0.05, 0.1) is 35.1 Å². The Balaban J connectivity index is 0.000000215. The normalized spacial score (nSPS) is 16.1. The highest BCUT2D eigenvalue weighted by Crippen LogP contribution is 2.19. The molecule has 19 heteroatoms. The summed E-state index contributed by atoms with van der Waals surface area (Å²) in [6, 6.07) is 38.9. The first-order valence-corrected chi connectivity index (χ1v) is 27.0. The molecular weight excluding hydrogens is 1000 g/mol. The minimum absolute atomic E-state index is 0.00538. The van der Waals surface area contributed by atoms with Crippen molar-refractivity contribution in [2.45, 2.75) is 72.5 Å². The average Bonchev–Trinajstić information content (AvgIpc) is 4.09. The summed E-state index contributed by atoms with van der Waals surface area (Å²) < 4.78 is 87.1. The van der Waals surface area contributed by atoms with Gasteiger partial charge in [-0.1, -0.05) is 84.9 Å². The number of amides is 2. The third kappa shape index (κ3) is 18.2. The van der Waals surface area contributed by atoms with Crippen LogP contribution in [-0.4, -0.2) is 90.8 Å². The molecule has 0 bridgehead atoms. The standard InChI is InChI=1S/C27H27FN2O5S.C23H19ClFNO4S.C4H9NO/c28-22-10-8-21(9-11-22)27(32)29-25(16-19-4-2-1-3-5-19)26(31)17-20-6-12-24(13-7-20)36(33,34)30-23-14-15-35-18-23;24-31(29,30)20-12-6-17(7-13-20)15-22(27)21(14-16-4-2-1-3-5-16)26-23(28)18-8-10-19(25)11-9-18;5-4-1-2-6-3-4/h1-13,23,25,30H,14-18H2,(H,29,32);1-13,21H,14-15H2,(H,26,28);4H,1-3,5H2/t23-,25-;21-;4-/m000/s1. The molecule has 2 amide bonds. The Morgan fingerprint density at radius 3 is 1.32 bits per heavy atom. The van der Waals surface area contributed by atoms with Gasteiger partial charge in [0.25, 0.3) is 20.9 Å². The molecule has 73 heavy (non-hydrogen) atoms. The van der Waals surface area contributed by atoms with Crippen LogP contribution in [0.15, 0.2) is 168 Å². The fourth-order valence-corrected chi connectivity index (χ4v) is 9.57. The van der Waals surface area contributed by atoms with Gasteiger partial charge < -0.3 is 25.8 Å². The van der Waals surface area contributed by atoms with E-state index in [4.69, 9.17) is 25.9 Å². The zero-order valence-electron chi connectivity index (χ0n) is 39.5. The Hall–Kier alpha value is -6.51. The van der Waals surface area contributed by atoms with E-state index in [0.717, 1.165) is 30.8 Å². The van der Waals surface area contributed by atoms with E-state index in [0.29, 0.717) is 36.8 Å². The number of halogens is 3. The first-order chi connectivity index (χ1) is 34.9. The number of rotatable bonds is 18. The van der Waals surface area contributed by atoms with Gasteiger partial charge in [-0.2, -0.15) is 0 Å². The molecular formula is C54H55ClF2N4O10S2. The molecule has 384 valence electrons. The third-order valence-electron chi connectivity index (χ3n) is 11.6. The van der Waals surface area contributed by atoms with Gasteiger partial charge in [0.15, 0.2) is 11.6 Å². The maximum absolute atomic E-state index is 13.2. The van der Waals surface area contributed by atoms with E-state index in [1.54, 1.807) is 12.1 Å². The molecule has 2 aliphatic heterocycles. The first kappa shape index (κ1) is 55.8. The van der Waals surface area contributed by atoms with Gasteiger partial charge in [0.2, 0.25) is 10.0 Å². The number of hydrogen-bond donors (Lipinski definition) is 4. The molecule has 5 N–H and O–H groups in total. The summed E-state index contributed by atoms with van der Waals surface area (Å²) in [5.41, 5.74) is 8.84. The van der Waals surface area contributed by atoms with E-state index in [-0.39, 0.29) is 64.2 Å². The summed E-state index contributed by atoms with van der Waals surface area (Å²) in [6.45, 7) is 2.50. The molecule has 6 aromatic rings. The molecule has 6 aromatic carbocycles. The van der Waals surface area contributed by atoms with E-state index in [9.17, 15) is 44.8 Å². The summed E-state index contributed by atoms with van der Waals surface area (Å²) in [5, 5.41) is 5.50. The number of sulfonamides is 1. The van der Waals surface area contributed by atoms with E-state index in [2.05, 4.69) is 15.4 Å². The Morgan fingerprint density at radius 1 is 0.548 bits per heavy atom. The topological polar surface area (TPSA) is 217 Å². The third-order valence-corrected chi connectivity index (χ3v) is 14.5. The highest BCUT2D eigenvalue weighted by atomic mass is 35.7. The van der Waals surface area contributed by atoms with Crippen LogP contribution in [0, 0.1) is 11.6 Å². The minimum atomic E-state index is -3.85. The van der Waals surface area contributed by atoms with Gasteiger partial charge in [-0.25, -0.2) is 30.3 Å². The number of ether oxygens (including phenoxy) is 2. The van der Waals surface area contributed by atoms with Crippen molar-refractivity contribution < 1.29 is 54.3 Å². The predicted molar refractivity (Wildman–Crippen MR) is 272 cm³/mol. The molecule has 8 rings (SSSR count). The first-order valence-electron chi connectivity index (χ1n) is 23.2. The highest BCUT2D eigenvalue weighted by molar-refractivity contribution is 8.13. The van der Waals surface area contributed by atoms with Crippen LogP contribution in [0.2, 0.25) is 0 Å². The van der Waals surface area contributed by atoms with Gasteiger partial charge in [-0.3, -0.25) is 19.2 Å². The summed E-state index contributed by atoms with van der Waals surface area (Å²) >= 11 is 0. The lowest BCUT2D eigenvalue weighted by molar-refractivity contribution is -0.121. The lowest BCUT2D eigenvalue weighted by Gasteiger charge is -2.18. The van der Waals surface area contributed by atoms with Gasteiger partial charge in [0, 0.05) is 59.9 Å². The molecule has 0 aromatic heterocycles. The predicted octanol–water partition coefficient (Wildman–Crippen LogP) is 6.69. The van der Waals surface area contributed by atoms with Crippen molar-refractivity contribution in [2.24, 2.45) is 5.73 Å². The quantitative estimate of drug-likeness (QED) is 0.0666. The zero-order chi connectivity index (χ0) is 52.4. The van der Waals surface area contributed by atoms with E-state index >= 15 is 0 Å². The number of carbonyl (C=O) groups is 4. The largest absolute Gasteiger partial charge is 0.380 e. The van der Waals surface area contributed by atoms with Gasteiger partial charge >= 0.3 is 0 Å². The van der Waals surface area contributed by atoms with Crippen LogP contribution < -0.4 is 21.1 Å². The Morgan fingerprint density at radius 2 is 0.959 bits per heavy atom. The van der Waals surface area contributed by atoms with Crippen LogP contribution in [0.4, 0.5) is 8.78 Å². The second-order valence-corrected chi connectivity index (χ2v) is 21.5. The number of Topliss-reactive ketones (excluding diaryl/α,β-unsaturated/α-hetero) is 2. The van der Waals surface area contributed by atoms with Crippen LogP contribution >= 0.6 is 10.7 Å². The van der Waals surface area contributed by atoms with Gasteiger partial charge in [-0.05, 0) is 121 Å². The van der Waals surface area contributed by atoms with Crippen molar-refractivity contribution in [2.75, 3.05) is 26.4 Å². The molecule has 0 unspecified atom stereocenters. The number of benzene rings is 6. The number of carbonyl (C=O) groups excluding carboxylic acids is 4. The van der Waals surface area contributed by atoms with Crippen molar-refractivity contribution in [1.82, 2.24) is 15.4 Å².